The zero-order valence-electron chi connectivity index (χ0n) is 25.2. The zero-order chi connectivity index (χ0) is 30.5. The first-order valence-electron chi connectivity index (χ1n) is 14.3. The first-order chi connectivity index (χ1) is 20.7. The molecule has 0 saturated carbocycles. The fourth-order valence-corrected chi connectivity index (χ4v) is 6.13. The Labute approximate surface area is 256 Å². The second-order valence-electron chi connectivity index (χ2n) is 11.0. The van der Waals surface area contributed by atoms with Gasteiger partial charge < -0.3 is 24.4 Å². The second kappa shape index (κ2) is 13.5. The van der Waals surface area contributed by atoms with Crippen LogP contribution in [0.2, 0.25) is 0 Å². The van der Waals surface area contributed by atoms with E-state index in [1.54, 1.807) is 44.4 Å². The first-order valence-corrected chi connectivity index (χ1v) is 15.2. The van der Waals surface area contributed by atoms with Gasteiger partial charge in [-0.2, -0.15) is 0 Å². The van der Waals surface area contributed by atoms with Gasteiger partial charge in [-0.25, -0.2) is 4.98 Å². The molecule has 2 heterocycles. The highest BCUT2D eigenvalue weighted by molar-refractivity contribution is 7.20. The maximum absolute atomic E-state index is 13.7. The highest BCUT2D eigenvalue weighted by Gasteiger charge is 2.29. The van der Waals surface area contributed by atoms with Crippen molar-refractivity contribution in [1.29, 1.82) is 0 Å². The third kappa shape index (κ3) is 7.15. The molecule has 0 unspecified atom stereocenters. The standard InChI is InChI=1S/C33H38N4O5S/c1-21-17-37(18-23-10-13-25(40-4)14-11-23)22(2)20-42-28-15-12-24(16-26(28)33(39)36(3)19-29(21)41-5)34-31(38)32-35-27-8-6-7-9-30(27)43-32/h6-16,21-22,29H,17-20H2,1-5H3,(H,34,38)/t21-,22+,29+/m1/s1. The fraction of sp³-hybridized carbons (Fsp3) is 0.364. The van der Waals surface area contributed by atoms with E-state index < -0.39 is 0 Å². The predicted molar refractivity (Wildman–Crippen MR) is 169 cm³/mol. The van der Waals surface area contributed by atoms with Crippen LogP contribution in [0.25, 0.3) is 10.2 Å². The van der Waals surface area contributed by atoms with Crippen molar-refractivity contribution < 1.29 is 23.8 Å². The number of carbonyl (C=O) groups is 2. The molecule has 0 radical (unpaired) electrons. The molecule has 0 fully saturated rings. The SMILES string of the molecule is COc1ccc(CN2C[C@@H](C)[C@@H](OC)CN(C)C(=O)c3cc(NC(=O)c4nc5ccccc5s4)ccc3OC[C@@H]2C)cc1. The van der Waals surface area contributed by atoms with Gasteiger partial charge in [0, 0.05) is 45.5 Å². The van der Waals surface area contributed by atoms with Crippen molar-refractivity contribution in [1.82, 2.24) is 14.8 Å². The Bertz CT molecular complexity index is 1540. The quantitative estimate of drug-likeness (QED) is 0.309. The summed E-state index contributed by atoms with van der Waals surface area (Å²) in [6.45, 7) is 6.56. The van der Waals surface area contributed by atoms with Crippen LogP contribution in [0.4, 0.5) is 5.69 Å². The Morgan fingerprint density at radius 1 is 1.07 bits per heavy atom. The number of fused-ring (bicyclic) bond motifs is 2. The Balaban J connectivity index is 1.40. The molecule has 3 atom stereocenters. The monoisotopic (exact) mass is 602 g/mol. The number of hydrogen-bond donors (Lipinski definition) is 1. The summed E-state index contributed by atoms with van der Waals surface area (Å²) in [6.07, 6.45) is -0.176. The van der Waals surface area contributed by atoms with Gasteiger partial charge in [0.1, 0.15) is 18.1 Å². The van der Waals surface area contributed by atoms with E-state index in [4.69, 9.17) is 14.2 Å². The van der Waals surface area contributed by atoms with Crippen molar-refractivity contribution in [2.75, 3.05) is 46.3 Å². The number of rotatable bonds is 6. The lowest BCUT2D eigenvalue weighted by Gasteiger charge is -2.36. The van der Waals surface area contributed by atoms with Crippen LogP contribution in [-0.2, 0) is 11.3 Å². The number of thiazole rings is 1. The fourth-order valence-electron chi connectivity index (χ4n) is 5.27. The highest BCUT2D eigenvalue weighted by atomic mass is 32.1. The van der Waals surface area contributed by atoms with E-state index in [9.17, 15) is 9.59 Å². The van der Waals surface area contributed by atoms with Crippen molar-refractivity contribution in [3.8, 4) is 11.5 Å². The summed E-state index contributed by atoms with van der Waals surface area (Å²) in [5.74, 6) is 0.894. The highest BCUT2D eigenvalue weighted by Crippen LogP contribution is 2.28. The number of ether oxygens (including phenoxy) is 3. The molecule has 3 aromatic carbocycles. The Kier molecular flexibility index (Phi) is 9.59. The number of nitrogens with zero attached hydrogens (tertiary/aromatic N) is 3. The third-order valence-electron chi connectivity index (χ3n) is 7.86. The molecule has 0 aliphatic carbocycles. The molecule has 43 heavy (non-hydrogen) atoms. The number of hydrogen-bond acceptors (Lipinski definition) is 8. The summed E-state index contributed by atoms with van der Waals surface area (Å²) < 4.78 is 18.5. The van der Waals surface area contributed by atoms with E-state index in [0.29, 0.717) is 35.2 Å². The van der Waals surface area contributed by atoms with Crippen LogP contribution in [0.15, 0.2) is 66.7 Å². The minimum Gasteiger partial charge on any atom is -0.497 e. The topological polar surface area (TPSA) is 93.2 Å². The largest absolute Gasteiger partial charge is 0.497 e. The second-order valence-corrected chi connectivity index (χ2v) is 12.1. The normalized spacial score (nSPS) is 20.1. The summed E-state index contributed by atoms with van der Waals surface area (Å²) in [6, 6.07) is 20.9. The Hall–Kier alpha value is -3.99. The van der Waals surface area contributed by atoms with Crippen molar-refractivity contribution in [2.24, 2.45) is 5.92 Å². The molecule has 226 valence electrons. The van der Waals surface area contributed by atoms with Crippen LogP contribution in [0.1, 0.15) is 39.6 Å². The summed E-state index contributed by atoms with van der Waals surface area (Å²) >= 11 is 1.33. The van der Waals surface area contributed by atoms with E-state index in [-0.39, 0.29) is 29.9 Å². The van der Waals surface area contributed by atoms with Crippen LogP contribution in [0.5, 0.6) is 11.5 Å². The number of methoxy groups -OCH3 is 2. The van der Waals surface area contributed by atoms with E-state index in [1.807, 2.05) is 36.4 Å². The number of benzene rings is 3. The van der Waals surface area contributed by atoms with Crippen LogP contribution in [0.3, 0.4) is 0 Å². The molecule has 9 nitrogen and oxygen atoms in total. The van der Waals surface area contributed by atoms with Crippen LogP contribution in [-0.4, -0.2) is 79.7 Å². The van der Waals surface area contributed by atoms with Gasteiger partial charge in [0.15, 0.2) is 5.01 Å². The third-order valence-corrected chi connectivity index (χ3v) is 8.90. The molecular formula is C33H38N4O5S. The van der Waals surface area contributed by atoms with Gasteiger partial charge in [0.05, 0.1) is 29.0 Å². The number of nitrogens with one attached hydrogen (secondary N) is 1. The van der Waals surface area contributed by atoms with E-state index in [1.165, 1.54) is 16.9 Å². The lowest BCUT2D eigenvalue weighted by atomic mass is 10.0. The van der Waals surface area contributed by atoms with Gasteiger partial charge in [-0.3, -0.25) is 14.5 Å². The first kappa shape index (κ1) is 30.5. The molecule has 1 aliphatic rings. The van der Waals surface area contributed by atoms with Crippen molar-refractivity contribution in [3.63, 3.8) is 0 Å². The van der Waals surface area contributed by atoms with E-state index >= 15 is 0 Å². The predicted octanol–water partition coefficient (Wildman–Crippen LogP) is 5.56. The van der Waals surface area contributed by atoms with Crippen molar-refractivity contribution in [2.45, 2.75) is 32.5 Å². The van der Waals surface area contributed by atoms with Gasteiger partial charge in [-0.1, -0.05) is 31.2 Å². The molecular weight excluding hydrogens is 564 g/mol. The minimum absolute atomic E-state index is 0.0422. The smallest absolute Gasteiger partial charge is 0.284 e. The Morgan fingerprint density at radius 3 is 2.56 bits per heavy atom. The number of likely N-dealkylation sites (N-methyl/N-ethyl adjacent to an activating group) is 1. The molecule has 0 bridgehead atoms. The molecule has 4 aromatic rings. The molecule has 0 spiro atoms. The number of para-hydroxylation sites is 1. The average molecular weight is 603 g/mol. The van der Waals surface area contributed by atoms with Gasteiger partial charge in [0.2, 0.25) is 0 Å². The summed E-state index contributed by atoms with van der Waals surface area (Å²) in [7, 11) is 5.12. The zero-order valence-corrected chi connectivity index (χ0v) is 26.0. The summed E-state index contributed by atoms with van der Waals surface area (Å²) in [5.41, 5.74) is 2.81. The van der Waals surface area contributed by atoms with Gasteiger partial charge in [-0.05, 0) is 60.9 Å². The molecule has 1 aliphatic heterocycles. The molecule has 0 saturated heterocycles. The van der Waals surface area contributed by atoms with Crippen molar-refractivity contribution in [3.05, 3.63) is 82.9 Å². The van der Waals surface area contributed by atoms with E-state index in [0.717, 1.165) is 29.1 Å². The lowest BCUT2D eigenvalue weighted by molar-refractivity contribution is 0.00921. The minimum atomic E-state index is -0.327. The van der Waals surface area contributed by atoms with Gasteiger partial charge in [-0.15, -0.1) is 11.3 Å². The molecule has 10 heteroatoms. The van der Waals surface area contributed by atoms with Crippen LogP contribution >= 0.6 is 11.3 Å². The molecule has 1 aromatic heterocycles. The van der Waals surface area contributed by atoms with Crippen molar-refractivity contribution >= 4 is 39.1 Å². The molecule has 1 N–H and O–H groups in total. The maximum atomic E-state index is 13.7. The molecule has 5 rings (SSSR count). The number of aromatic nitrogens is 1. The number of carbonyl (C=O) groups excluding carboxylic acids is 2. The average Bonchev–Trinajstić information content (AvgIpc) is 3.46. The van der Waals surface area contributed by atoms with Crippen LogP contribution < -0.4 is 14.8 Å². The lowest BCUT2D eigenvalue weighted by Crippen LogP contribution is -2.46. The maximum Gasteiger partial charge on any atom is 0.284 e. The van der Waals surface area contributed by atoms with E-state index in [2.05, 4.69) is 41.2 Å². The van der Waals surface area contributed by atoms with Crippen LogP contribution in [0, 0.1) is 5.92 Å². The molecule has 2 amide bonds. The number of anilines is 1. The Morgan fingerprint density at radius 2 is 1.84 bits per heavy atom. The summed E-state index contributed by atoms with van der Waals surface area (Å²) in [4.78, 5) is 35.3. The van der Waals surface area contributed by atoms with Gasteiger partial charge >= 0.3 is 0 Å². The summed E-state index contributed by atoms with van der Waals surface area (Å²) in [5, 5.41) is 3.27. The number of amides is 2. The van der Waals surface area contributed by atoms with Gasteiger partial charge in [0.25, 0.3) is 11.8 Å².